The van der Waals surface area contributed by atoms with Gasteiger partial charge in [-0.25, -0.2) is 14.4 Å². The Morgan fingerprint density at radius 1 is 1.06 bits per heavy atom. The number of aromatic nitrogens is 4. The molecule has 0 radical (unpaired) electrons. The van der Waals surface area contributed by atoms with E-state index in [1.807, 2.05) is 30.8 Å². The van der Waals surface area contributed by atoms with Crippen LogP contribution in [0.25, 0.3) is 11.0 Å². The lowest BCUT2D eigenvalue weighted by atomic mass is 10.1. The minimum absolute atomic E-state index is 0.298. The number of rotatable bonds is 8. The zero-order valence-corrected chi connectivity index (χ0v) is 18.8. The molecular formula is C24H27FN6O. The third kappa shape index (κ3) is 4.49. The first-order chi connectivity index (χ1) is 15.5. The summed E-state index contributed by atoms with van der Waals surface area (Å²) in [6.45, 7) is 8.57. The van der Waals surface area contributed by atoms with Gasteiger partial charge in [0.15, 0.2) is 5.65 Å². The molecule has 166 valence electrons. The first-order valence-electron chi connectivity index (χ1n) is 10.7. The van der Waals surface area contributed by atoms with Gasteiger partial charge in [0.05, 0.1) is 11.9 Å². The molecule has 0 atom stereocenters. The molecule has 7 nitrogen and oxygen atoms in total. The van der Waals surface area contributed by atoms with Crippen LogP contribution in [0, 0.1) is 12.7 Å². The average molecular weight is 435 g/mol. The zero-order valence-electron chi connectivity index (χ0n) is 18.8. The van der Waals surface area contributed by atoms with Crippen LogP contribution < -0.4 is 15.0 Å². The Bertz CT molecular complexity index is 1200. The summed E-state index contributed by atoms with van der Waals surface area (Å²) in [5, 5.41) is 8.95. The fourth-order valence-corrected chi connectivity index (χ4v) is 3.67. The van der Waals surface area contributed by atoms with Crippen molar-refractivity contribution in [2.45, 2.75) is 27.3 Å². The molecule has 1 aromatic carbocycles. The first kappa shape index (κ1) is 21.5. The van der Waals surface area contributed by atoms with E-state index in [1.54, 1.807) is 18.3 Å². The van der Waals surface area contributed by atoms with Gasteiger partial charge in [-0.15, -0.1) is 0 Å². The van der Waals surface area contributed by atoms with Gasteiger partial charge in [0.1, 0.15) is 29.0 Å². The van der Waals surface area contributed by atoms with E-state index < -0.39 is 0 Å². The van der Waals surface area contributed by atoms with Crippen LogP contribution in [0.2, 0.25) is 0 Å². The number of pyridine rings is 2. The summed E-state index contributed by atoms with van der Waals surface area (Å²) < 4.78 is 20.6. The molecule has 0 unspecified atom stereocenters. The Labute approximate surface area is 186 Å². The van der Waals surface area contributed by atoms with E-state index in [2.05, 4.69) is 40.2 Å². The molecule has 1 N–H and O–H groups in total. The number of ether oxygens (including phenoxy) is 1. The van der Waals surface area contributed by atoms with Gasteiger partial charge >= 0.3 is 0 Å². The van der Waals surface area contributed by atoms with Crippen LogP contribution in [0.1, 0.15) is 25.1 Å². The smallest absolute Gasteiger partial charge is 0.160 e. The van der Waals surface area contributed by atoms with Crippen molar-refractivity contribution in [3.63, 3.8) is 0 Å². The number of fused-ring (bicyclic) bond motifs is 1. The molecule has 0 saturated heterocycles. The van der Waals surface area contributed by atoms with Gasteiger partial charge in [-0.1, -0.05) is 0 Å². The number of halogens is 1. The van der Waals surface area contributed by atoms with Crippen molar-refractivity contribution in [2.24, 2.45) is 7.05 Å². The Hall–Kier alpha value is -3.68. The standard InChI is InChI=1S/C24H27FN6O/c1-5-31(6-2)23-17(13-21-16(3)29-30(4)24(21)28-23)14-26-22-12-11-20(15-27-22)32-19-9-7-18(25)8-10-19/h7-13,15H,5-6,14H2,1-4H3,(H,26,27). The highest BCUT2D eigenvalue weighted by atomic mass is 19.1. The van der Waals surface area contributed by atoms with E-state index in [0.717, 1.165) is 47.0 Å². The highest BCUT2D eigenvalue weighted by Crippen LogP contribution is 2.27. The minimum Gasteiger partial charge on any atom is -0.456 e. The molecule has 3 heterocycles. The molecule has 0 aliphatic carbocycles. The van der Waals surface area contributed by atoms with Crippen LogP contribution in [-0.4, -0.2) is 32.8 Å². The Balaban J connectivity index is 1.53. The maximum atomic E-state index is 13.0. The zero-order chi connectivity index (χ0) is 22.7. The maximum Gasteiger partial charge on any atom is 0.160 e. The van der Waals surface area contributed by atoms with Crippen LogP contribution in [0.3, 0.4) is 0 Å². The van der Waals surface area contributed by atoms with Gasteiger partial charge in [-0.3, -0.25) is 4.68 Å². The molecule has 0 bridgehead atoms. The van der Waals surface area contributed by atoms with E-state index in [4.69, 9.17) is 9.72 Å². The van der Waals surface area contributed by atoms with Crippen LogP contribution in [-0.2, 0) is 13.6 Å². The number of hydrogen-bond donors (Lipinski definition) is 1. The van der Waals surface area contributed by atoms with Crippen LogP contribution in [0.5, 0.6) is 11.5 Å². The summed E-state index contributed by atoms with van der Waals surface area (Å²) in [6.07, 6.45) is 1.64. The first-order valence-corrected chi connectivity index (χ1v) is 10.7. The predicted molar refractivity (Wildman–Crippen MR) is 125 cm³/mol. The third-order valence-electron chi connectivity index (χ3n) is 5.36. The van der Waals surface area contributed by atoms with E-state index >= 15 is 0 Å². The number of nitrogens with one attached hydrogen (secondary N) is 1. The second-order valence-electron chi connectivity index (χ2n) is 7.51. The van der Waals surface area contributed by atoms with Gasteiger partial charge in [-0.05, 0) is 63.2 Å². The largest absolute Gasteiger partial charge is 0.456 e. The molecule has 0 aliphatic heterocycles. The van der Waals surface area contributed by atoms with Crippen molar-refractivity contribution in [1.82, 2.24) is 19.7 Å². The van der Waals surface area contributed by atoms with Gasteiger partial charge < -0.3 is 15.0 Å². The summed E-state index contributed by atoms with van der Waals surface area (Å²) in [5.74, 6) is 2.52. The van der Waals surface area contributed by atoms with Crippen LogP contribution in [0.4, 0.5) is 16.0 Å². The second kappa shape index (κ2) is 9.21. The van der Waals surface area contributed by atoms with E-state index in [-0.39, 0.29) is 5.82 Å². The third-order valence-corrected chi connectivity index (χ3v) is 5.36. The molecule has 4 aromatic rings. The normalized spacial score (nSPS) is 11.0. The lowest BCUT2D eigenvalue weighted by Crippen LogP contribution is -2.25. The summed E-state index contributed by atoms with van der Waals surface area (Å²) in [5.41, 5.74) is 2.93. The highest BCUT2D eigenvalue weighted by Gasteiger charge is 2.16. The van der Waals surface area contributed by atoms with Crippen molar-refractivity contribution in [1.29, 1.82) is 0 Å². The molecule has 32 heavy (non-hydrogen) atoms. The Morgan fingerprint density at radius 2 is 1.78 bits per heavy atom. The lowest BCUT2D eigenvalue weighted by molar-refractivity contribution is 0.478. The molecular weight excluding hydrogens is 407 g/mol. The summed E-state index contributed by atoms with van der Waals surface area (Å²) in [7, 11) is 1.92. The number of hydrogen-bond acceptors (Lipinski definition) is 6. The van der Waals surface area contributed by atoms with Crippen molar-refractivity contribution in [3.05, 3.63) is 65.7 Å². The summed E-state index contributed by atoms with van der Waals surface area (Å²) in [6, 6.07) is 11.7. The molecule has 0 amide bonds. The second-order valence-corrected chi connectivity index (χ2v) is 7.51. The minimum atomic E-state index is -0.298. The molecule has 3 aromatic heterocycles. The van der Waals surface area contributed by atoms with Gasteiger partial charge in [0, 0.05) is 37.6 Å². The molecule has 0 aliphatic rings. The number of anilines is 2. The topological polar surface area (TPSA) is 68.1 Å². The highest BCUT2D eigenvalue weighted by molar-refractivity contribution is 5.81. The van der Waals surface area contributed by atoms with Crippen molar-refractivity contribution in [3.8, 4) is 11.5 Å². The molecule has 0 fully saturated rings. The monoisotopic (exact) mass is 434 g/mol. The maximum absolute atomic E-state index is 13.0. The van der Waals surface area contributed by atoms with Crippen molar-refractivity contribution in [2.75, 3.05) is 23.3 Å². The SMILES string of the molecule is CCN(CC)c1nc2c(cc1CNc1ccc(Oc3ccc(F)cc3)cn1)c(C)nn2C. The molecule has 8 heteroatoms. The number of nitrogens with zero attached hydrogens (tertiary/aromatic N) is 5. The quantitative estimate of drug-likeness (QED) is 0.418. The van der Waals surface area contributed by atoms with Crippen molar-refractivity contribution < 1.29 is 9.13 Å². The average Bonchev–Trinajstić information content (AvgIpc) is 3.08. The molecule has 4 rings (SSSR count). The van der Waals surface area contributed by atoms with Gasteiger partial charge in [0.2, 0.25) is 0 Å². The Kier molecular flexibility index (Phi) is 6.20. The fourth-order valence-electron chi connectivity index (χ4n) is 3.67. The molecule has 0 spiro atoms. The predicted octanol–water partition coefficient (Wildman–Crippen LogP) is 5.06. The fraction of sp³-hybridized carbons (Fsp3) is 0.292. The van der Waals surface area contributed by atoms with Crippen LogP contribution in [0.15, 0.2) is 48.7 Å². The number of aryl methyl sites for hydroxylation is 2. The summed E-state index contributed by atoms with van der Waals surface area (Å²) in [4.78, 5) is 11.6. The lowest BCUT2D eigenvalue weighted by Gasteiger charge is -2.23. The van der Waals surface area contributed by atoms with E-state index in [9.17, 15) is 4.39 Å². The Morgan fingerprint density at radius 3 is 2.44 bits per heavy atom. The van der Waals surface area contributed by atoms with E-state index in [1.165, 1.54) is 12.1 Å². The van der Waals surface area contributed by atoms with Gasteiger partial charge in [0.25, 0.3) is 0 Å². The van der Waals surface area contributed by atoms with Crippen LogP contribution >= 0.6 is 0 Å². The number of benzene rings is 1. The van der Waals surface area contributed by atoms with E-state index in [0.29, 0.717) is 18.0 Å². The summed E-state index contributed by atoms with van der Waals surface area (Å²) >= 11 is 0. The molecule has 0 saturated carbocycles. The van der Waals surface area contributed by atoms with Crippen molar-refractivity contribution >= 4 is 22.7 Å². The van der Waals surface area contributed by atoms with Gasteiger partial charge in [-0.2, -0.15) is 5.10 Å².